The maximum Gasteiger partial charge on any atom is 0.351 e. The first-order valence-electron chi connectivity index (χ1n) is 8.54. The van der Waals surface area contributed by atoms with Gasteiger partial charge in [-0.25, -0.2) is 13.2 Å². The van der Waals surface area contributed by atoms with Gasteiger partial charge in [-0.05, 0) is 55.3 Å². The lowest BCUT2D eigenvalue weighted by Crippen LogP contribution is -2.17. The molecule has 0 fully saturated rings. The second-order valence-corrected chi connectivity index (χ2v) is 7.52. The van der Waals surface area contributed by atoms with Crippen LogP contribution < -0.4 is 10.1 Å². The second-order valence-electron chi connectivity index (χ2n) is 5.60. The lowest BCUT2D eigenvalue weighted by atomic mass is 10.1. The summed E-state index contributed by atoms with van der Waals surface area (Å²) in [5, 5.41) is 2.85. The smallest absolute Gasteiger partial charge is 0.351 e. The molecule has 27 heavy (non-hydrogen) atoms. The minimum Gasteiger partial charge on any atom is -0.494 e. The van der Waals surface area contributed by atoms with E-state index in [1.807, 2.05) is 38.1 Å². The molecule has 0 atom stereocenters. The van der Waals surface area contributed by atoms with Crippen LogP contribution in [0.15, 0.2) is 64.5 Å². The molecule has 0 aliphatic carbocycles. The van der Waals surface area contributed by atoms with E-state index in [1.165, 1.54) is 12.1 Å². The largest absolute Gasteiger partial charge is 0.494 e. The molecule has 0 amide bonds. The molecule has 0 bridgehead atoms. The number of ether oxygens (including phenoxy) is 2. The highest BCUT2D eigenvalue weighted by Gasteiger charge is 2.28. The summed E-state index contributed by atoms with van der Waals surface area (Å²) in [6.45, 7) is 4.35. The SMILES string of the molecule is CCOc1ccc(S(=O)(=O)/C(=C\Nc2ccc(CC)cc2)C(=O)OC)cc1. The van der Waals surface area contributed by atoms with Gasteiger partial charge in [-0.1, -0.05) is 19.1 Å². The van der Waals surface area contributed by atoms with Crippen molar-refractivity contribution in [1.82, 2.24) is 0 Å². The van der Waals surface area contributed by atoms with Crippen molar-refractivity contribution < 1.29 is 22.7 Å². The molecule has 0 spiro atoms. The number of anilines is 1. The fourth-order valence-corrected chi connectivity index (χ4v) is 3.61. The van der Waals surface area contributed by atoms with Crippen molar-refractivity contribution >= 4 is 21.5 Å². The minimum absolute atomic E-state index is 0.0225. The third kappa shape index (κ3) is 5.10. The molecule has 0 aliphatic rings. The van der Waals surface area contributed by atoms with E-state index in [0.717, 1.165) is 25.3 Å². The van der Waals surface area contributed by atoms with Crippen LogP contribution in [-0.4, -0.2) is 28.1 Å². The van der Waals surface area contributed by atoms with Gasteiger partial charge in [0.1, 0.15) is 5.75 Å². The Bertz CT molecular complexity index is 900. The molecule has 0 unspecified atom stereocenters. The Morgan fingerprint density at radius 2 is 1.67 bits per heavy atom. The first kappa shape index (κ1) is 20.5. The van der Waals surface area contributed by atoms with Crippen molar-refractivity contribution in [3.8, 4) is 5.75 Å². The van der Waals surface area contributed by atoms with Crippen LogP contribution in [-0.2, 0) is 25.8 Å². The number of benzene rings is 2. The number of hydrogen-bond donors (Lipinski definition) is 1. The normalized spacial score (nSPS) is 11.7. The fraction of sp³-hybridized carbons (Fsp3) is 0.250. The molecule has 0 saturated heterocycles. The summed E-state index contributed by atoms with van der Waals surface area (Å²) in [6.07, 6.45) is 2.05. The quantitative estimate of drug-likeness (QED) is 0.549. The lowest BCUT2D eigenvalue weighted by Gasteiger charge is -2.10. The monoisotopic (exact) mass is 389 g/mol. The third-order valence-corrected chi connectivity index (χ3v) is 5.61. The highest BCUT2D eigenvalue weighted by Crippen LogP contribution is 2.23. The Labute approximate surface area is 159 Å². The molecule has 1 N–H and O–H groups in total. The molecule has 7 heteroatoms. The molecule has 0 aliphatic heterocycles. The first-order valence-corrected chi connectivity index (χ1v) is 10.0. The van der Waals surface area contributed by atoms with E-state index in [0.29, 0.717) is 18.0 Å². The van der Waals surface area contributed by atoms with Crippen LogP contribution in [0.5, 0.6) is 5.75 Å². The molecule has 0 radical (unpaired) electrons. The van der Waals surface area contributed by atoms with Gasteiger partial charge in [0.25, 0.3) is 0 Å². The van der Waals surface area contributed by atoms with Gasteiger partial charge in [-0.3, -0.25) is 0 Å². The lowest BCUT2D eigenvalue weighted by molar-refractivity contribution is -0.135. The molecule has 0 heterocycles. The minimum atomic E-state index is -4.06. The topological polar surface area (TPSA) is 81.7 Å². The van der Waals surface area contributed by atoms with Crippen LogP contribution in [0.2, 0.25) is 0 Å². The molecule has 2 rings (SSSR count). The van der Waals surface area contributed by atoms with Crippen LogP contribution >= 0.6 is 0 Å². The zero-order chi connectivity index (χ0) is 19.9. The maximum absolute atomic E-state index is 12.9. The molecule has 2 aromatic carbocycles. The van der Waals surface area contributed by atoms with E-state index in [-0.39, 0.29) is 4.90 Å². The second kappa shape index (κ2) is 9.23. The maximum atomic E-state index is 12.9. The fourth-order valence-electron chi connectivity index (χ4n) is 2.34. The molecule has 0 saturated carbocycles. The van der Waals surface area contributed by atoms with E-state index in [9.17, 15) is 13.2 Å². The number of carbonyl (C=O) groups excluding carboxylic acids is 1. The van der Waals surface area contributed by atoms with Crippen molar-refractivity contribution in [1.29, 1.82) is 0 Å². The molecular weight excluding hydrogens is 366 g/mol. The van der Waals surface area contributed by atoms with E-state index in [4.69, 9.17) is 4.74 Å². The summed E-state index contributed by atoms with van der Waals surface area (Å²) >= 11 is 0. The van der Waals surface area contributed by atoms with Crippen molar-refractivity contribution in [2.45, 2.75) is 25.2 Å². The number of rotatable bonds is 8. The Morgan fingerprint density at radius 1 is 1.04 bits per heavy atom. The zero-order valence-electron chi connectivity index (χ0n) is 15.6. The van der Waals surface area contributed by atoms with E-state index in [1.54, 1.807) is 12.1 Å². The summed E-state index contributed by atoms with van der Waals surface area (Å²) < 4.78 is 35.7. The number of methoxy groups -OCH3 is 1. The summed E-state index contributed by atoms with van der Waals surface area (Å²) in [5.74, 6) is -0.393. The number of nitrogens with one attached hydrogen (secondary N) is 1. The van der Waals surface area contributed by atoms with Gasteiger partial charge in [-0.15, -0.1) is 0 Å². The number of sulfone groups is 1. The summed E-state index contributed by atoms with van der Waals surface area (Å²) in [5.41, 5.74) is 1.82. The summed E-state index contributed by atoms with van der Waals surface area (Å²) in [7, 11) is -2.92. The highest BCUT2D eigenvalue weighted by molar-refractivity contribution is 7.96. The number of hydrogen-bond acceptors (Lipinski definition) is 6. The van der Waals surface area contributed by atoms with Crippen molar-refractivity contribution in [3.63, 3.8) is 0 Å². The highest BCUT2D eigenvalue weighted by atomic mass is 32.2. The van der Waals surface area contributed by atoms with Gasteiger partial charge in [0.2, 0.25) is 9.84 Å². The molecule has 0 aromatic heterocycles. The molecular formula is C20H23NO5S. The van der Waals surface area contributed by atoms with Gasteiger partial charge in [0.15, 0.2) is 4.91 Å². The van der Waals surface area contributed by atoms with Crippen LogP contribution in [0.4, 0.5) is 5.69 Å². The average Bonchev–Trinajstić information content (AvgIpc) is 2.69. The van der Waals surface area contributed by atoms with Gasteiger partial charge >= 0.3 is 5.97 Å². The van der Waals surface area contributed by atoms with Crippen LogP contribution in [0.25, 0.3) is 0 Å². The van der Waals surface area contributed by atoms with Crippen LogP contribution in [0, 0.1) is 0 Å². The molecule has 6 nitrogen and oxygen atoms in total. The van der Waals surface area contributed by atoms with Gasteiger partial charge < -0.3 is 14.8 Å². The van der Waals surface area contributed by atoms with E-state index < -0.39 is 20.7 Å². The van der Waals surface area contributed by atoms with Gasteiger partial charge in [0.05, 0.1) is 18.6 Å². The van der Waals surface area contributed by atoms with Crippen LogP contribution in [0.1, 0.15) is 19.4 Å². The summed E-state index contributed by atoms with van der Waals surface area (Å²) in [4.78, 5) is 11.6. The van der Waals surface area contributed by atoms with Crippen molar-refractivity contribution in [3.05, 3.63) is 65.2 Å². The summed E-state index contributed by atoms with van der Waals surface area (Å²) in [6, 6.07) is 13.4. The van der Waals surface area contributed by atoms with E-state index >= 15 is 0 Å². The van der Waals surface area contributed by atoms with Crippen molar-refractivity contribution in [2.75, 3.05) is 19.0 Å². The number of carbonyl (C=O) groups is 1. The Morgan fingerprint density at radius 3 is 2.19 bits per heavy atom. The predicted molar refractivity (Wildman–Crippen MR) is 104 cm³/mol. The van der Waals surface area contributed by atoms with Crippen LogP contribution in [0.3, 0.4) is 0 Å². The van der Waals surface area contributed by atoms with E-state index in [2.05, 4.69) is 10.1 Å². The number of esters is 1. The Balaban J connectivity index is 2.34. The average molecular weight is 389 g/mol. The predicted octanol–water partition coefficient (Wildman–Crippen LogP) is 3.55. The zero-order valence-corrected chi connectivity index (χ0v) is 16.4. The van der Waals surface area contributed by atoms with Crippen molar-refractivity contribution in [2.24, 2.45) is 0 Å². The van der Waals surface area contributed by atoms with Gasteiger partial charge in [0, 0.05) is 11.9 Å². The Hall–Kier alpha value is -2.80. The third-order valence-electron chi connectivity index (χ3n) is 3.85. The first-order chi connectivity index (χ1) is 12.9. The standard InChI is InChI=1S/C20H23NO5S/c1-4-15-6-8-16(9-7-15)21-14-19(20(22)25-3)27(23,24)18-12-10-17(11-13-18)26-5-2/h6-14,21H,4-5H2,1-3H3/b19-14-. The molecule has 144 valence electrons. The Kier molecular flexibility index (Phi) is 7.01. The number of aryl methyl sites for hydroxylation is 1. The van der Waals surface area contributed by atoms with Gasteiger partial charge in [-0.2, -0.15) is 0 Å². The molecule has 2 aromatic rings.